The first kappa shape index (κ1) is 32.6. The molecule has 1 saturated carbocycles. The Morgan fingerprint density at radius 2 is 1.75 bits per heavy atom. The maximum atomic E-state index is 14.4. The fraction of sp³-hybridized carbons (Fsp3) is 0.476. The van der Waals surface area contributed by atoms with Crippen molar-refractivity contribution in [1.29, 1.82) is 0 Å². The summed E-state index contributed by atoms with van der Waals surface area (Å²) in [4.78, 5) is 28.4. The number of esters is 2. The van der Waals surface area contributed by atoms with Crippen molar-refractivity contribution in [1.82, 2.24) is 0 Å². The monoisotopic (exact) mass is 648 g/mol. The van der Waals surface area contributed by atoms with Crippen LogP contribution in [0.2, 0.25) is 0 Å². The molecule has 6 heteroatoms. The summed E-state index contributed by atoms with van der Waals surface area (Å²) in [6.45, 7) is 8.71. The lowest BCUT2D eigenvalue weighted by Gasteiger charge is -2.56. The minimum atomic E-state index is -0.787. The number of phenolic OH excluding ortho intramolecular Hbond substituents is 1. The van der Waals surface area contributed by atoms with Gasteiger partial charge in [0, 0.05) is 23.7 Å². The van der Waals surface area contributed by atoms with E-state index in [1.165, 1.54) is 0 Å². The normalized spacial score (nSPS) is 28.9. The molecule has 2 aliphatic heterocycles. The zero-order valence-electron chi connectivity index (χ0n) is 28.6. The SMILES string of the molecule is CCC(C=C1OC(=O)C2=C(c3cc(O)ccc3-c3ccccc3)C3CCC12C1C2=C(CCC31)C(=CCC(C)CO)OC2=O)CCC(C)C. The maximum Gasteiger partial charge on any atom is 0.340 e. The average Bonchev–Trinajstić information content (AvgIpc) is 3.58. The first-order chi connectivity index (χ1) is 23.2. The number of hydrogen-bond donors (Lipinski definition) is 2. The second-order valence-corrected chi connectivity index (χ2v) is 15.1. The summed E-state index contributed by atoms with van der Waals surface area (Å²) in [5.41, 5.74) is 5.41. The zero-order valence-corrected chi connectivity index (χ0v) is 28.6. The first-order valence-electron chi connectivity index (χ1n) is 18.0. The number of aliphatic hydroxyl groups excluding tert-OH is 1. The van der Waals surface area contributed by atoms with Gasteiger partial charge in [-0.25, -0.2) is 9.59 Å². The van der Waals surface area contributed by atoms with Crippen LogP contribution in [-0.2, 0) is 19.1 Å². The Morgan fingerprint density at radius 3 is 2.48 bits per heavy atom. The molecular weight excluding hydrogens is 600 g/mol. The summed E-state index contributed by atoms with van der Waals surface area (Å²) >= 11 is 0. The third-order valence-corrected chi connectivity index (χ3v) is 11.8. The molecule has 1 saturated heterocycles. The van der Waals surface area contributed by atoms with Crippen LogP contribution in [0.1, 0.15) is 84.6 Å². The molecule has 6 aliphatic rings. The molecule has 0 amide bonds. The Labute approximate surface area is 284 Å². The van der Waals surface area contributed by atoms with E-state index >= 15 is 0 Å². The minimum absolute atomic E-state index is 0.0234. The van der Waals surface area contributed by atoms with Crippen LogP contribution in [0.4, 0.5) is 0 Å². The fourth-order valence-corrected chi connectivity index (χ4v) is 9.39. The van der Waals surface area contributed by atoms with Crippen LogP contribution in [0.5, 0.6) is 5.75 Å². The lowest BCUT2D eigenvalue weighted by Crippen LogP contribution is -2.52. The summed E-state index contributed by atoms with van der Waals surface area (Å²) in [6, 6.07) is 15.6. The van der Waals surface area contributed by atoms with Gasteiger partial charge in [-0.3, -0.25) is 0 Å². The fourth-order valence-electron chi connectivity index (χ4n) is 9.39. The number of aromatic hydroxyl groups is 1. The molecule has 252 valence electrons. The van der Waals surface area contributed by atoms with Crippen LogP contribution in [0.3, 0.4) is 0 Å². The van der Waals surface area contributed by atoms with Gasteiger partial charge in [-0.2, -0.15) is 0 Å². The molecule has 2 bridgehead atoms. The number of cyclic esters (lactones) is 2. The minimum Gasteiger partial charge on any atom is -0.508 e. The third-order valence-electron chi connectivity index (χ3n) is 11.8. The van der Waals surface area contributed by atoms with Gasteiger partial charge in [-0.1, -0.05) is 70.5 Å². The Balaban J connectivity index is 1.46. The number of rotatable bonds is 10. The van der Waals surface area contributed by atoms with Crippen LogP contribution in [0, 0.1) is 40.9 Å². The number of allylic oxidation sites excluding steroid dienone is 5. The molecule has 6 atom stereocenters. The highest BCUT2D eigenvalue weighted by atomic mass is 16.5. The van der Waals surface area contributed by atoms with Crippen molar-refractivity contribution in [2.75, 3.05) is 6.61 Å². The molecule has 0 radical (unpaired) electrons. The second-order valence-electron chi connectivity index (χ2n) is 15.1. The largest absolute Gasteiger partial charge is 0.508 e. The van der Waals surface area contributed by atoms with Gasteiger partial charge in [0.25, 0.3) is 0 Å². The molecule has 0 aromatic heterocycles. The Hall–Kier alpha value is -3.90. The molecule has 6 nitrogen and oxygen atoms in total. The van der Waals surface area contributed by atoms with E-state index in [1.54, 1.807) is 6.07 Å². The lowest BCUT2D eigenvalue weighted by atomic mass is 9.44. The van der Waals surface area contributed by atoms with Gasteiger partial charge in [0.05, 0.1) is 11.0 Å². The highest BCUT2D eigenvalue weighted by Crippen LogP contribution is 2.72. The topological polar surface area (TPSA) is 93.1 Å². The van der Waals surface area contributed by atoms with Crippen molar-refractivity contribution in [3.8, 4) is 16.9 Å². The number of ether oxygens (including phenoxy) is 2. The second kappa shape index (κ2) is 12.9. The number of aliphatic hydroxyl groups is 1. The summed E-state index contributed by atoms with van der Waals surface area (Å²) in [5.74, 6) is 1.63. The van der Waals surface area contributed by atoms with E-state index in [1.807, 2.05) is 43.3 Å². The third kappa shape index (κ3) is 5.28. The van der Waals surface area contributed by atoms with Gasteiger partial charge < -0.3 is 19.7 Å². The van der Waals surface area contributed by atoms with Crippen LogP contribution in [0.25, 0.3) is 16.7 Å². The predicted molar refractivity (Wildman–Crippen MR) is 186 cm³/mol. The van der Waals surface area contributed by atoms with E-state index < -0.39 is 5.41 Å². The number of carbonyl (C=O) groups excluding carboxylic acids is 2. The van der Waals surface area contributed by atoms with Crippen molar-refractivity contribution in [2.24, 2.45) is 40.9 Å². The van der Waals surface area contributed by atoms with Crippen LogP contribution < -0.4 is 0 Å². The molecule has 48 heavy (non-hydrogen) atoms. The number of benzene rings is 2. The number of carbonyl (C=O) groups is 2. The summed E-state index contributed by atoms with van der Waals surface area (Å²) in [7, 11) is 0. The first-order valence-corrected chi connectivity index (χ1v) is 18.0. The molecule has 2 fully saturated rings. The average molecular weight is 649 g/mol. The summed E-state index contributed by atoms with van der Waals surface area (Å²) in [6.07, 6.45) is 11.0. The molecule has 2 aromatic rings. The molecule has 1 spiro atoms. The van der Waals surface area contributed by atoms with Gasteiger partial charge in [0.15, 0.2) is 0 Å². The molecule has 8 rings (SSSR count). The highest BCUT2D eigenvalue weighted by molar-refractivity contribution is 6.07. The maximum absolute atomic E-state index is 14.4. The van der Waals surface area contributed by atoms with E-state index in [-0.39, 0.29) is 53.9 Å². The van der Waals surface area contributed by atoms with Gasteiger partial charge in [0.1, 0.15) is 17.3 Å². The Morgan fingerprint density at radius 1 is 0.958 bits per heavy atom. The van der Waals surface area contributed by atoms with E-state index in [0.717, 1.165) is 72.8 Å². The molecule has 2 heterocycles. The summed E-state index contributed by atoms with van der Waals surface area (Å²) in [5, 5.41) is 20.5. The van der Waals surface area contributed by atoms with E-state index in [4.69, 9.17) is 9.47 Å². The standard InChI is InChI=1S/C42H48O6/c1-5-26(13-11-24(2)3)21-35-42-20-19-30(31-16-17-32-34(18-12-25(4)23-43)47-40(45)37(32)38(31)42)36(39(42)41(46)48-35)33-22-28(44)14-15-29(33)27-9-7-6-8-10-27/h6-10,14-15,18,21-22,24-26,30-31,38,43-44H,5,11-13,16-17,19-20,23H2,1-4H3. The van der Waals surface area contributed by atoms with Crippen molar-refractivity contribution >= 4 is 17.5 Å². The van der Waals surface area contributed by atoms with E-state index in [2.05, 4.69) is 39.0 Å². The van der Waals surface area contributed by atoms with E-state index in [9.17, 15) is 19.8 Å². The summed E-state index contributed by atoms with van der Waals surface area (Å²) < 4.78 is 12.4. The molecule has 4 aliphatic carbocycles. The smallest absolute Gasteiger partial charge is 0.340 e. The van der Waals surface area contributed by atoms with Crippen LogP contribution >= 0.6 is 0 Å². The predicted octanol–water partition coefficient (Wildman–Crippen LogP) is 8.91. The van der Waals surface area contributed by atoms with Crippen molar-refractivity contribution < 1.29 is 29.3 Å². The highest BCUT2D eigenvalue weighted by Gasteiger charge is 2.68. The Bertz CT molecular complexity index is 1740. The molecule has 2 aromatic carbocycles. The van der Waals surface area contributed by atoms with Crippen molar-refractivity contribution in [3.05, 3.63) is 94.5 Å². The van der Waals surface area contributed by atoms with Gasteiger partial charge in [0.2, 0.25) is 0 Å². The molecule has 2 N–H and O–H groups in total. The number of hydrogen-bond acceptors (Lipinski definition) is 6. The van der Waals surface area contributed by atoms with Gasteiger partial charge >= 0.3 is 11.9 Å². The van der Waals surface area contributed by atoms with Crippen LogP contribution in [0.15, 0.2) is 88.9 Å². The lowest BCUT2D eigenvalue weighted by molar-refractivity contribution is -0.135. The number of fused-ring (bicyclic) bond motifs is 1. The van der Waals surface area contributed by atoms with Crippen molar-refractivity contribution in [2.45, 2.75) is 79.1 Å². The van der Waals surface area contributed by atoms with Crippen molar-refractivity contribution in [3.63, 3.8) is 0 Å². The van der Waals surface area contributed by atoms with E-state index in [0.29, 0.717) is 35.0 Å². The number of phenols is 1. The quantitative estimate of drug-likeness (QED) is 0.250. The van der Waals surface area contributed by atoms with Gasteiger partial charge in [-0.05, 0) is 121 Å². The molecule has 6 unspecified atom stereocenters. The zero-order chi connectivity index (χ0) is 33.7. The molecular formula is C42H48O6. The van der Waals surface area contributed by atoms with Crippen LogP contribution in [-0.4, -0.2) is 28.8 Å². The van der Waals surface area contributed by atoms with Gasteiger partial charge in [-0.15, -0.1) is 0 Å². The Kier molecular flexibility index (Phi) is 8.74.